The molecule has 6 heteroatoms. The molecule has 0 saturated carbocycles. The number of hydrogen-bond donors (Lipinski definition) is 3. The van der Waals surface area contributed by atoms with E-state index in [1.807, 2.05) is 6.92 Å². The number of hydrogen-bond acceptors (Lipinski definition) is 4. The van der Waals surface area contributed by atoms with Crippen molar-refractivity contribution >= 4 is 17.3 Å². The summed E-state index contributed by atoms with van der Waals surface area (Å²) in [4.78, 5) is 12.5. The molecule has 0 saturated heterocycles. The van der Waals surface area contributed by atoms with Gasteiger partial charge in [0, 0.05) is 19.2 Å². The Morgan fingerprint density at radius 1 is 1.44 bits per heavy atom. The number of carbonyl (C=O) groups is 1. The third-order valence-corrected chi connectivity index (χ3v) is 2.55. The number of aromatic carboxylic acids is 1. The SMILES string of the molecule is CCCN(CCO)c1cc(F)c(C(=O)O)cc1N. The van der Waals surface area contributed by atoms with Gasteiger partial charge < -0.3 is 20.8 Å². The van der Waals surface area contributed by atoms with Crippen molar-refractivity contribution in [2.75, 3.05) is 30.3 Å². The van der Waals surface area contributed by atoms with Gasteiger partial charge >= 0.3 is 5.97 Å². The van der Waals surface area contributed by atoms with Crippen LogP contribution >= 0.6 is 0 Å². The Balaban J connectivity index is 3.15. The number of aliphatic hydroxyl groups is 1. The van der Waals surface area contributed by atoms with Gasteiger partial charge in [0.05, 0.1) is 23.5 Å². The van der Waals surface area contributed by atoms with Crippen LogP contribution in [0.15, 0.2) is 12.1 Å². The minimum Gasteiger partial charge on any atom is -0.478 e. The van der Waals surface area contributed by atoms with Crippen molar-refractivity contribution in [1.29, 1.82) is 0 Å². The number of nitrogen functional groups attached to an aromatic ring is 1. The fourth-order valence-electron chi connectivity index (χ4n) is 1.76. The third-order valence-electron chi connectivity index (χ3n) is 2.55. The highest BCUT2D eigenvalue weighted by Crippen LogP contribution is 2.27. The van der Waals surface area contributed by atoms with E-state index in [9.17, 15) is 9.18 Å². The standard InChI is InChI=1S/C12H17FN2O3/c1-2-3-15(4-5-16)11-7-9(13)8(12(17)18)6-10(11)14/h6-7,16H,2-5,14H2,1H3,(H,17,18). The van der Waals surface area contributed by atoms with E-state index in [1.54, 1.807) is 4.90 Å². The molecule has 1 rings (SSSR count). The Morgan fingerprint density at radius 3 is 2.61 bits per heavy atom. The zero-order valence-electron chi connectivity index (χ0n) is 10.2. The number of carboxylic acid groups (broad SMARTS) is 1. The summed E-state index contributed by atoms with van der Waals surface area (Å²) in [5, 5.41) is 17.7. The van der Waals surface area contributed by atoms with Gasteiger partial charge in [-0.1, -0.05) is 6.92 Å². The van der Waals surface area contributed by atoms with Crippen LogP contribution in [0.3, 0.4) is 0 Å². The monoisotopic (exact) mass is 256 g/mol. The minimum absolute atomic E-state index is 0.0816. The van der Waals surface area contributed by atoms with E-state index in [0.29, 0.717) is 18.8 Å². The van der Waals surface area contributed by atoms with Gasteiger partial charge in [-0.3, -0.25) is 0 Å². The Bertz CT molecular complexity index is 432. The second kappa shape index (κ2) is 6.20. The summed E-state index contributed by atoms with van der Waals surface area (Å²) in [7, 11) is 0. The lowest BCUT2D eigenvalue weighted by Gasteiger charge is -2.25. The average Bonchev–Trinajstić information content (AvgIpc) is 2.31. The molecule has 0 fully saturated rings. The molecule has 5 nitrogen and oxygen atoms in total. The lowest BCUT2D eigenvalue weighted by molar-refractivity contribution is 0.0692. The average molecular weight is 256 g/mol. The van der Waals surface area contributed by atoms with Crippen LogP contribution in [-0.4, -0.2) is 35.9 Å². The molecule has 0 unspecified atom stereocenters. The summed E-state index contributed by atoms with van der Waals surface area (Å²) in [6, 6.07) is 2.21. The molecule has 0 aliphatic rings. The van der Waals surface area contributed by atoms with E-state index in [1.165, 1.54) is 0 Å². The van der Waals surface area contributed by atoms with E-state index in [4.69, 9.17) is 15.9 Å². The van der Waals surface area contributed by atoms with Crippen LogP contribution < -0.4 is 10.6 Å². The largest absolute Gasteiger partial charge is 0.478 e. The third kappa shape index (κ3) is 3.10. The summed E-state index contributed by atoms with van der Waals surface area (Å²) in [5.74, 6) is -2.18. The van der Waals surface area contributed by atoms with Gasteiger partial charge in [0.1, 0.15) is 5.82 Å². The molecule has 4 N–H and O–H groups in total. The van der Waals surface area contributed by atoms with Crippen LogP contribution in [-0.2, 0) is 0 Å². The summed E-state index contributed by atoms with van der Waals surface area (Å²) in [6.07, 6.45) is 0.807. The molecule has 0 spiro atoms. The van der Waals surface area contributed by atoms with E-state index in [0.717, 1.165) is 18.6 Å². The Kier molecular flexibility index (Phi) is 4.91. The van der Waals surface area contributed by atoms with E-state index in [-0.39, 0.29) is 12.3 Å². The van der Waals surface area contributed by atoms with Crippen LogP contribution in [0.5, 0.6) is 0 Å². The van der Waals surface area contributed by atoms with Crippen molar-refractivity contribution in [2.24, 2.45) is 0 Å². The molecule has 0 radical (unpaired) electrons. The highest BCUT2D eigenvalue weighted by atomic mass is 19.1. The van der Waals surface area contributed by atoms with Gasteiger partial charge in [-0.15, -0.1) is 0 Å². The number of benzene rings is 1. The highest BCUT2D eigenvalue weighted by molar-refractivity contribution is 5.90. The van der Waals surface area contributed by atoms with Crippen molar-refractivity contribution < 1.29 is 19.4 Å². The van der Waals surface area contributed by atoms with Gasteiger partial charge in [-0.25, -0.2) is 9.18 Å². The molecule has 0 aliphatic carbocycles. The van der Waals surface area contributed by atoms with Crippen molar-refractivity contribution in [3.05, 3.63) is 23.5 Å². The zero-order chi connectivity index (χ0) is 13.7. The number of anilines is 2. The molecule has 1 aromatic rings. The molecule has 0 amide bonds. The Hall–Kier alpha value is -1.82. The topological polar surface area (TPSA) is 86.8 Å². The maximum absolute atomic E-state index is 13.6. The summed E-state index contributed by atoms with van der Waals surface area (Å²) in [6.45, 7) is 2.80. The molecule has 1 aromatic carbocycles. The maximum Gasteiger partial charge on any atom is 0.338 e. The van der Waals surface area contributed by atoms with Crippen molar-refractivity contribution in [1.82, 2.24) is 0 Å². The lowest BCUT2D eigenvalue weighted by atomic mass is 10.1. The Morgan fingerprint density at radius 2 is 2.11 bits per heavy atom. The number of nitrogens with two attached hydrogens (primary N) is 1. The van der Waals surface area contributed by atoms with Crippen LogP contribution in [0.4, 0.5) is 15.8 Å². The molecule has 0 aromatic heterocycles. The van der Waals surface area contributed by atoms with E-state index in [2.05, 4.69) is 0 Å². The van der Waals surface area contributed by atoms with Gasteiger partial charge in [-0.2, -0.15) is 0 Å². The quantitative estimate of drug-likeness (QED) is 0.668. The highest BCUT2D eigenvalue weighted by Gasteiger charge is 2.16. The molecule has 18 heavy (non-hydrogen) atoms. The fraction of sp³-hybridized carbons (Fsp3) is 0.417. The lowest BCUT2D eigenvalue weighted by Crippen LogP contribution is -2.28. The number of nitrogens with zero attached hydrogens (tertiary/aromatic N) is 1. The van der Waals surface area contributed by atoms with E-state index < -0.39 is 17.3 Å². The molecular formula is C12H17FN2O3. The van der Waals surface area contributed by atoms with Gasteiger partial charge in [-0.05, 0) is 12.5 Å². The number of rotatable bonds is 6. The summed E-state index contributed by atoms with van der Waals surface area (Å²) < 4.78 is 13.6. The second-order valence-electron chi connectivity index (χ2n) is 3.91. The molecule has 0 bridgehead atoms. The molecule has 100 valence electrons. The normalized spacial score (nSPS) is 10.4. The molecule has 0 heterocycles. The predicted molar refractivity (Wildman–Crippen MR) is 67.4 cm³/mol. The molecule has 0 aliphatic heterocycles. The van der Waals surface area contributed by atoms with E-state index >= 15 is 0 Å². The summed E-state index contributed by atoms with van der Waals surface area (Å²) in [5.41, 5.74) is 5.89. The zero-order valence-corrected chi connectivity index (χ0v) is 10.2. The second-order valence-corrected chi connectivity index (χ2v) is 3.91. The minimum atomic E-state index is -1.35. The van der Waals surface area contributed by atoms with Crippen molar-refractivity contribution in [3.8, 4) is 0 Å². The van der Waals surface area contributed by atoms with Gasteiger partial charge in [0.15, 0.2) is 0 Å². The first-order chi connectivity index (χ1) is 8.51. The van der Waals surface area contributed by atoms with Crippen molar-refractivity contribution in [3.63, 3.8) is 0 Å². The van der Waals surface area contributed by atoms with Crippen LogP contribution in [0.1, 0.15) is 23.7 Å². The fourth-order valence-corrected chi connectivity index (χ4v) is 1.76. The predicted octanol–water partition coefficient (Wildman–Crippen LogP) is 1.31. The van der Waals surface area contributed by atoms with Gasteiger partial charge in [0.2, 0.25) is 0 Å². The smallest absolute Gasteiger partial charge is 0.338 e. The first kappa shape index (κ1) is 14.2. The first-order valence-electron chi connectivity index (χ1n) is 5.69. The van der Waals surface area contributed by atoms with Crippen LogP contribution in [0.25, 0.3) is 0 Å². The molecular weight excluding hydrogens is 239 g/mol. The Labute approximate surface area is 105 Å². The molecule has 0 atom stereocenters. The maximum atomic E-state index is 13.6. The summed E-state index contributed by atoms with van der Waals surface area (Å²) >= 11 is 0. The van der Waals surface area contributed by atoms with Crippen LogP contribution in [0.2, 0.25) is 0 Å². The number of carboxylic acids is 1. The number of halogens is 1. The first-order valence-corrected chi connectivity index (χ1v) is 5.69. The van der Waals surface area contributed by atoms with Crippen molar-refractivity contribution in [2.45, 2.75) is 13.3 Å². The number of aliphatic hydroxyl groups excluding tert-OH is 1. The van der Waals surface area contributed by atoms with Gasteiger partial charge in [0.25, 0.3) is 0 Å². The van der Waals surface area contributed by atoms with Crippen LogP contribution in [0, 0.1) is 5.82 Å².